The molecule has 0 aromatic carbocycles. The van der Waals surface area contributed by atoms with E-state index in [2.05, 4.69) is 17.2 Å². The van der Waals surface area contributed by atoms with Crippen LogP contribution in [-0.2, 0) is 0 Å². The van der Waals surface area contributed by atoms with Crippen molar-refractivity contribution in [3.63, 3.8) is 0 Å². The topological polar surface area (TPSA) is 24.9 Å². The van der Waals surface area contributed by atoms with E-state index < -0.39 is 5.95 Å². The number of hydrogen-bond donors (Lipinski definition) is 1. The summed E-state index contributed by atoms with van der Waals surface area (Å²) in [4.78, 5) is 3.78. The molecule has 0 spiro atoms. The van der Waals surface area contributed by atoms with E-state index in [0.29, 0.717) is 5.82 Å². The Bertz CT molecular complexity index is 337. The Labute approximate surface area is 93.7 Å². The second-order valence-electron chi connectivity index (χ2n) is 4.10. The number of anilines is 1. The van der Waals surface area contributed by atoms with Crippen molar-refractivity contribution in [2.45, 2.75) is 24.5 Å². The van der Waals surface area contributed by atoms with E-state index in [0.717, 1.165) is 6.54 Å². The van der Waals surface area contributed by atoms with Crippen LogP contribution >= 0.6 is 11.8 Å². The second kappa shape index (κ2) is 4.39. The lowest BCUT2D eigenvalue weighted by molar-refractivity contribution is 0.582. The van der Waals surface area contributed by atoms with Crippen molar-refractivity contribution in [1.29, 1.82) is 0 Å². The maximum absolute atomic E-state index is 12.8. The van der Waals surface area contributed by atoms with Crippen LogP contribution in [0, 0.1) is 5.95 Å². The molecule has 1 unspecified atom stereocenters. The molecule has 2 nitrogen and oxygen atoms in total. The Hall–Kier alpha value is -0.770. The van der Waals surface area contributed by atoms with Crippen LogP contribution in [0.2, 0.25) is 0 Å². The molecule has 0 radical (unpaired) electrons. The van der Waals surface area contributed by atoms with Gasteiger partial charge in [0.2, 0.25) is 5.95 Å². The monoisotopic (exact) mass is 226 g/mol. The molecule has 2 rings (SSSR count). The third kappa shape index (κ3) is 2.84. The van der Waals surface area contributed by atoms with Gasteiger partial charge in [-0.2, -0.15) is 16.2 Å². The van der Waals surface area contributed by atoms with E-state index in [1.807, 2.05) is 11.8 Å². The van der Waals surface area contributed by atoms with Gasteiger partial charge in [0, 0.05) is 11.3 Å². The zero-order chi connectivity index (χ0) is 10.7. The van der Waals surface area contributed by atoms with Crippen LogP contribution in [0.5, 0.6) is 0 Å². The summed E-state index contributed by atoms with van der Waals surface area (Å²) in [6, 6.07) is 4.83. The molecule has 2 heterocycles. The summed E-state index contributed by atoms with van der Waals surface area (Å²) in [5.74, 6) is 1.43. The second-order valence-corrected chi connectivity index (χ2v) is 5.78. The van der Waals surface area contributed by atoms with Crippen LogP contribution in [0.4, 0.5) is 10.2 Å². The van der Waals surface area contributed by atoms with Gasteiger partial charge < -0.3 is 5.32 Å². The first-order valence-corrected chi connectivity index (χ1v) is 6.17. The van der Waals surface area contributed by atoms with Crippen molar-refractivity contribution in [1.82, 2.24) is 4.98 Å². The predicted molar refractivity (Wildman–Crippen MR) is 62.8 cm³/mol. The molecule has 82 valence electrons. The van der Waals surface area contributed by atoms with Crippen molar-refractivity contribution in [2.75, 3.05) is 17.6 Å². The van der Waals surface area contributed by atoms with Crippen molar-refractivity contribution in [3.8, 4) is 0 Å². The van der Waals surface area contributed by atoms with Gasteiger partial charge in [-0.15, -0.1) is 0 Å². The van der Waals surface area contributed by atoms with Crippen LogP contribution in [0.3, 0.4) is 0 Å². The van der Waals surface area contributed by atoms with Gasteiger partial charge >= 0.3 is 0 Å². The van der Waals surface area contributed by atoms with E-state index in [4.69, 9.17) is 0 Å². The lowest BCUT2D eigenvalue weighted by Gasteiger charge is -2.23. The van der Waals surface area contributed by atoms with Gasteiger partial charge in [0.25, 0.3) is 0 Å². The van der Waals surface area contributed by atoms with Gasteiger partial charge in [0.05, 0.1) is 0 Å². The average molecular weight is 226 g/mol. The highest BCUT2D eigenvalue weighted by Crippen LogP contribution is 2.37. The molecule has 1 aromatic rings. The molecule has 1 N–H and O–H groups in total. The first kappa shape index (κ1) is 10.7. The normalized spacial score (nSPS) is 25.5. The van der Waals surface area contributed by atoms with E-state index in [9.17, 15) is 4.39 Å². The number of halogens is 1. The fraction of sp³-hybridized carbons (Fsp3) is 0.545. The maximum Gasteiger partial charge on any atom is 0.214 e. The van der Waals surface area contributed by atoms with Gasteiger partial charge in [-0.1, -0.05) is 6.07 Å². The summed E-state index contributed by atoms with van der Waals surface area (Å²) >= 11 is 1.98. The number of pyridine rings is 1. The molecule has 1 aromatic heterocycles. The number of hydrogen-bond acceptors (Lipinski definition) is 3. The molecular formula is C11H15FN2S. The highest BCUT2D eigenvalue weighted by Gasteiger charge is 2.29. The maximum atomic E-state index is 12.8. The Morgan fingerprint density at radius 2 is 2.47 bits per heavy atom. The minimum Gasteiger partial charge on any atom is -0.369 e. The highest BCUT2D eigenvalue weighted by atomic mass is 32.2. The van der Waals surface area contributed by atoms with Crippen LogP contribution in [0.25, 0.3) is 0 Å². The molecule has 0 aliphatic carbocycles. The molecule has 4 heteroatoms. The van der Waals surface area contributed by atoms with Gasteiger partial charge in [-0.25, -0.2) is 4.98 Å². The summed E-state index contributed by atoms with van der Waals surface area (Å²) in [5.41, 5.74) is 0. The molecule has 1 aliphatic heterocycles. The molecule has 15 heavy (non-hydrogen) atoms. The quantitative estimate of drug-likeness (QED) is 0.802. The van der Waals surface area contributed by atoms with Gasteiger partial charge in [0.1, 0.15) is 5.82 Å². The van der Waals surface area contributed by atoms with Crippen LogP contribution < -0.4 is 5.32 Å². The summed E-state index contributed by atoms with van der Waals surface area (Å²) in [6.07, 6.45) is 2.50. The minimum absolute atomic E-state index is 0.286. The Balaban J connectivity index is 1.92. The van der Waals surface area contributed by atoms with E-state index in [-0.39, 0.29) is 4.75 Å². The third-order valence-electron chi connectivity index (χ3n) is 2.66. The Morgan fingerprint density at radius 1 is 1.60 bits per heavy atom. The lowest BCUT2D eigenvalue weighted by Crippen LogP contribution is -2.27. The zero-order valence-corrected chi connectivity index (χ0v) is 9.61. The smallest absolute Gasteiger partial charge is 0.214 e. The molecule has 0 bridgehead atoms. The lowest BCUT2D eigenvalue weighted by atomic mass is 10.1. The summed E-state index contributed by atoms with van der Waals surface area (Å²) < 4.78 is 13.1. The van der Waals surface area contributed by atoms with Gasteiger partial charge in [0.15, 0.2) is 0 Å². The van der Waals surface area contributed by atoms with Gasteiger partial charge in [-0.3, -0.25) is 0 Å². The number of aromatic nitrogens is 1. The Kier molecular flexibility index (Phi) is 3.14. The molecular weight excluding hydrogens is 211 g/mol. The molecule has 1 atom stereocenters. The molecule has 0 saturated carbocycles. The summed E-state index contributed by atoms with van der Waals surface area (Å²) in [7, 11) is 0. The van der Waals surface area contributed by atoms with Crippen LogP contribution in [-0.4, -0.2) is 22.0 Å². The van der Waals surface area contributed by atoms with Crippen LogP contribution in [0.15, 0.2) is 18.2 Å². The number of thioether (sulfide) groups is 1. The predicted octanol–water partition coefficient (Wildman–Crippen LogP) is 2.92. The number of nitrogens with zero attached hydrogens (tertiary/aromatic N) is 1. The van der Waals surface area contributed by atoms with E-state index in [1.54, 1.807) is 12.1 Å². The first-order chi connectivity index (χ1) is 7.18. The Morgan fingerprint density at radius 3 is 3.13 bits per heavy atom. The number of nitrogens with one attached hydrogen (secondary N) is 1. The summed E-state index contributed by atoms with van der Waals surface area (Å²) in [5, 5.41) is 3.20. The zero-order valence-electron chi connectivity index (χ0n) is 8.79. The number of rotatable bonds is 3. The van der Waals surface area contributed by atoms with Crippen molar-refractivity contribution in [2.24, 2.45) is 0 Å². The van der Waals surface area contributed by atoms with E-state index in [1.165, 1.54) is 24.7 Å². The van der Waals surface area contributed by atoms with Crippen molar-refractivity contribution < 1.29 is 4.39 Å². The fourth-order valence-electron chi connectivity index (χ4n) is 1.76. The average Bonchev–Trinajstić information content (AvgIpc) is 2.63. The third-order valence-corrected chi connectivity index (χ3v) is 4.20. The summed E-state index contributed by atoms with van der Waals surface area (Å²) in [6.45, 7) is 3.10. The standard InChI is InChI=1S/C11H15FN2S/c1-11(6-3-7-15-11)8-13-10-5-2-4-9(12)14-10/h2,4-5H,3,6-8H2,1H3,(H,13,14). The molecule has 0 amide bonds. The molecule has 1 fully saturated rings. The highest BCUT2D eigenvalue weighted by molar-refractivity contribution is 8.00. The van der Waals surface area contributed by atoms with Crippen LogP contribution in [0.1, 0.15) is 19.8 Å². The van der Waals surface area contributed by atoms with Gasteiger partial charge in [-0.05, 0) is 37.7 Å². The minimum atomic E-state index is -0.427. The largest absolute Gasteiger partial charge is 0.369 e. The van der Waals surface area contributed by atoms with Crippen molar-refractivity contribution in [3.05, 3.63) is 24.1 Å². The van der Waals surface area contributed by atoms with E-state index >= 15 is 0 Å². The van der Waals surface area contributed by atoms with Crippen molar-refractivity contribution >= 4 is 17.6 Å². The molecule has 1 aliphatic rings. The molecule has 1 saturated heterocycles. The first-order valence-electron chi connectivity index (χ1n) is 5.18. The fourth-order valence-corrected chi connectivity index (χ4v) is 3.00. The SMILES string of the molecule is CC1(CNc2cccc(F)n2)CCCS1.